The van der Waals surface area contributed by atoms with Crippen LogP contribution in [0.15, 0.2) is 87.7 Å². The predicted molar refractivity (Wildman–Crippen MR) is 122 cm³/mol. The molecule has 6 heteroatoms. The van der Waals surface area contributed by atoms with E-state index in [4.69, 9.17) is 9.98 Å². The summed E-state index contributed by atoms with van der Waals surface area (Å²) in [5.41, 5.74) is 2.22. The highest BCUT2D eigenvalue weighted by atomic mass is 32.2. The minimum Gasteiger partial charge on any atom is -0.253 e. The van der Waals surface area contributed by atoms with E-state index in [1.165, 1.54) is 5.56 Å². The van der Waals surface area contributed by atoms with E-state index < -0.39 is 15.7 Å². The van der Waals surface area contributed by atoms with Gasteiger partial charge in [-0.2, -0.15) is 0 Å². The molecule has 1 heterocycles. The molecular formula is C25H27N3O2S. The lowest BCUT2D eigenvalue weighted by Gasteiger charge is -2.18. The third-order valence-corrected chi connectivity index (χ3v) is 7.07. The van der Waals surface area contributed by atoms with Gasteiger partial charge in [0.2, 0.25) is 10.0 Å². The second-order valence-corrected chi connectivity index (χ2v) is 9.93. The van der Waals surface area contributed by atoms with E-state index in [0.29, 0.717) is 17.9 Å². The number of nitrogens with zero attached hydrogens (tertiary/aromatic N) is 2. The molecule has 1 N–H and O–H groups in total. The Kier molecular flexibility index (Phi) is 6.03. The lowest BCUT2D eigenvalue weighted by molar-refractivity contribution is 0.489. The number of rotatable bonds is 8. The van der Waals surface area contributed by atoms with Crippen LogP contribution in [0.2, 0.25) is 0 Å². The van der Waals surface area contributed by atoms with Gasteiger partial charge in [-0.05, 0) is 61.6 Å². The van der Waals surface area contributed by atoms with Crippen LogP contribution < -0.4 is 15.4 Å². The third kappa shape index (κ3) is 5.09. The Labute approximate surface area is 183 Å². The Hall–Kier alpha value is -2.83. The largest absolute Gasteiger partial charge is 0.253 e. The van der Waals surface area contributed by atoms with Gasteiger partial charge in [0.05, 0.1) is 15.6 Å². The lowest BCUT2D eigenvalue weighted by atomic mass is 10.0. The molecule has 1 aliphatic rings. The number of aryl methyl sites for hydroxylation is 2. The van der Waals surface area contributed by atoms with E-state index in [1.807, 2.05) is 68.4 Å². The molecule has 0 bridgehead atoms. The van der Waals surface area contributed by atoms with Crippen LogP contribution in [0.1, 0.15) is 30.0 Å². The Morgan fingerprint density at radius 1 is 0.871 bits per heavy atom. The summed E-state index contributed by atoms with van der Waals surface area (Å²) in [6.07, 6.45) is 2.12. The monoisotopic (exact) mass is 433 g/mol. The molecule has 0 aliphatic carbocycles. The summed E-state index contributed by atoms with van der Waals surface area (Å²) >= 11 is 0. The summed E-state index contributed by atoms with van der Waals surface area (Å²) in [6.45, 7) is 4.20. The quantitative estimate of drug-likeness (QED) is 0.555. The van der Waals surface area contributed by atoms with Gasteiger partial charge in [0.15, 0.2) is 5.66 Å². The summed E-state index contributed by atoms with van der Waals surface area (Å²) in [5, 5.41) is 1.76. The number of sulfonamides is 1. The molecule has 0 aromatic heterocycles. The Balaban J connectivity index is 1.46. The maximum Gasteiger partial charge on any atom is 0.240 e. The number of hydrogen-bond donors (Lipinski definition) is 1. The molecule has 4 rings (SSSR count). The van der Waals surface area contributed by atoms with Gasteiger partial charge in [0, 0.05) is 13.0 Å². The van der Waals surface area contributed by atoms with Crippen molar-refractivity contribution < 1.29 is 8.42 Å². The Bertz CT molecular complexity index is 1270. The van der Waals surface area contributed by atoms with E-state index in [2.05, 4.69) is 16.9 Å². The van der Waals surface area contributed by atoms with Gasteiger partial charge >= 0.3 is 0 Å². The average molecular weight is 434 g/mol. The highest BCUT2D eigenvalue weighted by Crippen LogP contribution is 2.24. The van der Waals surface area contributed by atoms with Crippen molar-refractivity contribution in [1.82, 2.24) is 4.72 Å². The van der Waals surface area contributed by atoms with Gasteiger partial charge in [-0.15, -0.1) is 0 Å². The normalized spacial score (nSPS) is 14.5. The molecular weight excluding hydrogens is 406 g/mol. The molecule has 31 heavy (non-hydrogen) atoms. The van der Waals surface area contributed by atoms with Crippen molar-refractivity contribution in [2.24, 2.45) is 9.98 Å². The zero-order valence-electron chi connectivity index (χ0n) is 17.9. The minimum atomic E-state index is -3.59. The first-order valence-corrected chi connectivity index (χ1v) is 12.0. The first-order valence-electron chi connectivity index (χ1n) is 10.5. The minimum absolute atomic E-state index is 0.323. The molecule has 1 aliphatic heterocycles. The maximum absolute atomic E-state index is 13.0. The van der Waals surface area contributed by atoms with Crippen LogP contribution in [-0.2, 0) is 22.9 Å². The Morgan fingerprint density at radius 2 is 1.52 bits per heavy atom. The van der Waals surface area contributed by atoms with Gasteiger partial charge in [0.1, 0.15) is 0 Å². The van der Waals surface area contributed by atoms with Crippen LogP contribution in [0.4, 0.5) is 0 Å². The zero-order valence-corrected chi connectivity index (χ0v) is 18.7. The molecule has 3 aromatic carbocycles. The van der Waals surface area contributed by atoms with Crippen LogP contribution >= 0.6 is 0 Å². The molecule has 160 valence electrons. The first kappa shape index (κ1) is 21.4. The summed E-state index contributed by atoms with van der Waals surface area (Å²) < 4.78 is 28.7. The molecule has 0 unspecified atom stereocenters. The summed E-state index contributed by atoms with van der Waals surface area (Å²) in [5.74, 6) is 0. The molecule has 3 aromatic rings. The highest BCUT2D eigenvalue weighted by Gasteiger charge is 2.26. The number of hydrogen-bond acceptors (Lipinski definition) is 4. The molecule has 0 saturated carbocycles. The van der Waals surface area contributed by atoms with Crippen molar-refractivity contribution in [2.75, 3.05) is 6.54 Å². The van der Waals surface area contributed by atoms with Crippen molar-refractivity contribution in [1.29, 1.82) is 0 Å². The van der Waals surface area contributed by atoms with Crippen molar-refractivity contribution >= 4 is 10.0 Å². The van der Waals surface area contributed by atoms with Crippen LogP contribution in [0.3, 0.4) is 0 Å². The SMILES string of the molecule is Cc1ccc(CC2(C)N=c3ccccc3=N2)cc1S(=O)(=O)NCCCc1ccccc1. The van der Waals surface area contributed by atoms with E-state index in [0.717, 1.165) is 34.7 Å². The van der Waals surface area contributed by atoms with Crippen LogP contribution in [0.5, 0.6) is 0 Å². The van der Waals surface area contributed by atoms with Gasteiger partial charge in [-0.25, -0.2) is 13.1 Å². The maximum atomic E-state index is 13.0. The molecule has 0 fully saturated rings. The van der Waals surface area contributed by atoms with Crippen LogP contribution in [-0.4, -0.2) is 20.6 Å². The summed E-state index contributed by atoms with van der Waals surface area (Å²) in [4.78, 5) is 9.82. The molecule has 0 amide bonds. The standard InChI is InChI=1S/C25H27N3O2S/c1-19-14-15-21(18-25(2)27-22-12-6-7-13-23(22)28-25)17-24(19)31(29,30)26-16-8-11-20-9-4-3-5-10-20/h3-7,9-10,12-15,17,26H,8,11,16,18H2,1-2H3. The van der Waals surface area contributed by atoms with Crippen molar-refractivity contribution in [2.45, 2.75) is 43.7 Å². The topological polar surface area (TPSA) is 70.9 Å². The van der Waals surface area contributed by atoms with E-state index in [1.54, 1.807) is 6.07 Å². The second kappa shape index (κ2) is 8.73. The number of fused-ring (bicyclic) bond motifs is 1. The molecule has 0 spiro atoms. The van der Waals surface area contributed by atoms with Gasteiger partial charge in [0.25, 0.3) is 0 Å². The fourth-order valence-electron chi connectivity index (χ4n) is 3.93. The molecule has 0 radical (unpaired) electrons. The third-order valence-electron chi connectivity index (χ3n) is 5.46. The van der Waals surface area contributed by atoms with Crippen molar-refractivity contribution in [3.8, 4) is 0 Å². The summed E-state index contributed by atoms with van der Waals surface area (Å²) in [7, 11) is -3.59. The number of para-hydroxylation sites is 2. The number of benzene rings is 3. The smallest absolute Gasteiger partial charge is 0.240 e. The van der Waals surface area contributed by atoms with Crippen molar-refractivity contribution in [3.63, 3.8) is 0 Å². The van der Waals surface area contributed by atoms with Gasteiger partial charge in [-0.1, -0.05) is 54.6 Å². The highest BCUT2D eigenvalue weighted by molar-refractivity contribution is 7.89. The molecule has 5 nitrogen and oxygen atoms in total. The number of nitrogens with one attached hydrogen (secondary N) is 1. The first-order chi connectivity index (χ1) is 14.8. The lowest BCUT2D eigenvalue weighted by Crippen LogP contribution is -2.26. The zero-order chi connectivity index (χ0) is 21.9. The summed E-state index contributed by atoms with van der Waals surface area (Å²) in [6, 6.07) is 23.5. The van der Waals surface area contributed by atoms with E-state index >= 15 is 0 Å². The average Bonchev–Trinajstić information content (AvgIpc) is 3.09. The second-order valence-electron chi connectivity index (χ2n) is 8.19. The Morgan fingerprint density at radius 3 is 2.19 bits per heavy atom. The van der Waals surface area contributed by atoms with Crippen LogP contribution in [0, 0.1) is 6.92 Å². The van der Waals surface area contributed by atoms with Crippen LogP contribution in [0.25, 0.3) is 0 Å². The molecule has 0 atom stereocenters. The fraction of sp³-hybridized carbons (Fsp3) is 0.280. The van der Waals surface area contributed by atoms with E-state index in [9.17, 15) is 8.42 Å². The molecule has 0 saturated heterocycles. The predicted octanol–water partition coefficient (Wildman–Crippen LogP) is 3.12. The van der Waals surface area contributed by atoms with Crippen molar-refractivity contribution in [3.05, 3.63) is 100 Å². The van der Waals surface area contributed by atoms with Gasteiger partial charge < -0.3 is 0 Å². The van der Waals surface area contributed by atoms with E-state index in [-0.39, 0.29) is 0 Å². The van der Waals surface area contributed by atoms with Gasteiger partial charge in [-0.3, -0.25) is 9.98 Å². The fourth-order valence-corrected chi connectivity index (χ4v) is 5.30.